The molecule has 0 amide bonds. The zero-order chi connectivity index (χ0) is 13.2. The molecule has 1 rings (SSSR count). The first-order valence-electron chi connectivity index (χ1n) is 5.68. The minimum atomic E-state index is 0.274. The van der Waals surface area contributed by atoms with Gasteiger partial charge in [-0.25, -0.2) is 4.98 Å². The van der Waals surface area contributed by atoms with E-state index in [0.29, 0.717) is 43.0 Å². The van der Waals surface area contributed by atoms with Crippen molar-refractivity contribution < 1.29 is 14.2 Å². The largest absolute Gasteiger partial charge is 0.478 e. The molecule has 0 fully saturated rings. The predicted octanol–water partition coefficient (Wildman–Crippen LogP) is 2.91. The summed E-state index contributed by atoms with van der Waals surface area (Å²) in [6, 6.07) is 3.46. The SMILES string of the molecule is COCCOCCCOc1ccc(Cl)c(CCl)n1. The quantitative estimate of drug-likeness (QED) is 0.518. The van der Waals surface area contributed by atoms with E-state index in [1.54, 1.807) is 19.2 Å². The van der Waals surface area contributed by atoms with Crippen LogP contribution in [0.4, 0.5) is 0 Å². The highest BCUT2D eigenvalue weighted by Crippen LogP contribution is 2.19. The highest BCUT2D eigenvalue weighted by molar-refractivity contribution is 6.32. The van der Waals surface area contributed by atoms with Crippen LogP contribution >= 0.6 is 23.2 Å². The van der Waals surface area contributed by atoms with E-state index in [-0.39, 0.29) is 5.88 Å². The number of alkyl halides is 1. The molecule has 6 heteroatoms. The Bertz CT molecular complexity index is 350. The van der Waals surface area contributed by atoms with Crippen LogP contribution in [-0.4, -0.2) is 38.5 Å². The number of pyridine rings is 1. The minimum absolute atomic E-state index is 0.274. The van der Waals surface area contributed by atoms with Crippen molar-refractivity contribution in [3.8, 4) is 5.88 Å². The first-order valence-corrected chi connectivity index (χ1v) is 6.60. The second kappa shape index (κ2) is 9.39. The van der Waals surface area contributed by atoms with Crippen molar-refractivity contribution in [3.63, 3.8) is 0 Å². The molecule has 0 bridgehead atoms. The maximum absolute atomic E-state index is 5.89. The van der Waals surface area contributed by atoms with Gasteiger partial charge in [0.1, 0.15) is 0 Å². The zero-order valence-electron chi connectivity index (χ0n) is 10.3. The first-order chi connectivity index (χ1) is 8.77. The Hall–Kier alpha value is -0.550. The molecule has 0 atom stereocenters. The topological polar surface area (TPSA) is 40.6 Å². The van der Waals surface area contributed by atoms with Gasteiger partial charge in [0.2, 0.25) is 5.88 Å². The average molecular weight is 294 g/mol. The highest BCUT2D eigenvalue weighted by atomic mass is 35.5. The zero-order valence-corrected chi connectivity index (χ0v) is 11.8. The van der Waals surface area contributed by atoms with Gasteiger partial charge in [-0.3, -0.25) is 0 Å². The van der Waals surface area contributed by atoms with Crippen molar-refractivity contribution in [3.05, 3.63) is 22.8 Å². The number of hydrogen-bond acceptors (Lipinski definition) is 4. The average Bonchev–Trinajstić information content (AvgIpc) is 2.39. The smallest absolute Gasteiger partial charge is 0.213 e. The summed E-state index contributed by atoms with van der Waals surface area (Å²) >= 11 is 11.6. The molecule has 0 saturated heterocycles. The van der Waals surface area contributed by atoms with Gasteiger partial charge in [0, 0.05) is 26.2 Å². The fourth-order valence-electron chi connectivity index (χ4n) is 1.22. The number of aromatic nitrogens is 1. The minimum Gasteiger partial charge on any atom is -0.478 e. The van der Waals surface area contributed by atoms with Gasteiger partial charge in [-0.05, 0) is 6.07 Å². The van der Waals surface area contributed by atoms with Gasteiger partial charge in [-0.15, -0.1) is 11.6 Å². The third-order valence-electron chi connectivity index (χ3n) is 2.13. The second-order valence-electron chi connectivity index (χ2n) is 3.52. The van der Waals surface area contributed by atoms with Crippen LogP contribution in [0.15, 0.2) is 12.1 Å². The molecule has 0 aromatic carbocycles. The maximum atomic E-state index is 5.89. The van der Waals surface area contributed by atoms with Crippen LogP contribution in [0.1, 0.15) is 12.1 Å². The Morgan fingerprint density at radius 2 is 2.00 bits per heavy atom. The predicted molar refractivity (Wildman–Crippen MR) is 71.6 cm³/mol. The lowest BCUT2D eigenvalue weighted by Gasteiger charge is -2.07. The van der Waals surface area contributed by atoms with E-state index in [1.165, 1.54) is 0 Å². The molecule has 0 saturated carbocycles. The van der Waals surface area contributed by atoms with E-state index < -0.39 is 0 Å². The fraction of sp³-hybridized carbons (Fsp3) is 0.583. The van der Waals surface area contributed by atoms with Crippen LogP contribution in [0.25, 0.3) is 0 Å². The molecule has 102 valence electrons. The Morgan fingerprint density at radius 3 is 2.72 bits per heavy atom. The van der Waals surface area contributed by atoms with Crippen LogP contribution in [0.2, 0.25) is 5.02 Å². The monoisotopic (exact) mass is 293 g/mol. The van der Waals surface area contributed by atoms with Gasteiger partial charge in [-0.2, -0.15) is 0 Å². The van der Waals surface area contributed by atoms with Gasteiger partial charge in [0.05, 0.1) is 36.4 Å². The normalized spacial score (nSPS) is 10.6. The molecule has 0 aliphatic heterocycles. The lowest BCUT2D eigenvalue weighted by Crippen LogP contribution is -2.07. The molecule has 1 heterocycles. The standard InChI is InChI=1S/C12H17Cl2NO3/c1-16-7-8-17-5-2-6-18-12-4-3-10(14)11(9-13)15-12/h3-4H,2,5-9H2,1H3. The molecule has 1 aromatic rings. The van der Waals surface area contributed by atoms with Crippen molar-refractivity contribution in [2.45, 2.75) is 12.3 Å². The fourth-order valence-corrected chi connectivity index (χ4v) is 1.66. The van der Waals surface area contributed by atoms with E-state index in [1.807, 2.05) is 0 Å². The number of ether oxygens (including phenoxy) is 3. The molecular formula is C12H17Cl2NO3. The van der Waals surface area contributed by atoms with E-state index in [0.717, 1.165) is 6.42 Å². The van der Waals surface area contributed by atoms with Crippen LogP contribution in [-0.2, 0) is 15.4 Å². The van der Waals surface area contributed by atoms with Crippen molar-refractivity contribution in [1.82, 2.24) is 4.98 Å². The van der Waals surface area contributed by atoms with Crippen LogP contribution in [0.5, 0.6) is 5.88 Å². The van der Waals surface area contributed by atoms with Crippen LogP contribution in [0, 0.1) is 0 Å². The van der Waals surface area contributed by atoms with Crippen molar-refractivity contribution in [2.75, 3.05) is 33.5 Å². The van der Waals surface area contributed by atoms with E-state index in [4.69, 9.17) is 37.4 Å². The summed E-state index contributed by atoms with van der Waals surface area (Å²) in [6.45, 7) is 2.40. The number of hydrogen-bond donors (Lipinski definition) is 0. The van der Waals surface area contributed by atoms with E-state index >= 15 is 0 Å². The Morgan fingerprint density at radius 1 is 1.17 bits per heavy atom. The van der Waals surface area contributed by atoms with Gasteiger partial charge >= 0.3 is 0 Å². The Labute approximate surface area is 117 Å². The van der Waals surface area contributed by atoms with Crippen molar-refractivity contribution in [2.24, 2.45) is 0 Å². The van der Waals surface area contributed by atoms with Gasteiger partial charge in [0.25, 0.3) is 0 Å². The molecular weight excluding hydrogens is 277 g/mol. The summed E-state index contributed by atoms with van der Waals surface area (Å²) in [7, 11) is 1.65. The molecule has 4 nitrogen and oxygen atoms in total. The molecule has 0 aliphatic carbocycles. The first kappa shape index (κ1) is 15.5. The molecule has 0 aliphatic rings. The molecule has 18 heavy (non-hydrogen) atoms. The third-order valence-corrected chi connectivity index (χ3v) is 2.73. The van der Waals surface area contributed by atoms with E-state index in [2.05, 4.69) is 4.98 Å². The highest BCUT2D eigenvalue weighted by Gasteiger charge is 2.03. The molecule has 0 N–H and O–H groups in total. The van der Waals surface area contributed by atoms with Gasteiger partial charge in [0.15, 0.2) is 0 Å². The number of halogens is 2. The number of methoxy groups -OCH3 is 1. The summed E-state index contributed by atoms with van der Waals surface area (Å²) in [5, 5.41) is 0.556. The molecule has 0 radical (unpaired) electrons. The summed E-state index contributed by atoms with van der Waals surface area (Å²) in [6.07, 6.45) is 0.796. The number of rotatable bonds is 9. The summed E-state index contributed by atoms with van der Waals surface area (Å²) in [4.78, 5) is 4.19. The summed E-state index contributed by atoms with van der Waals surface area (Å²) < 4.78 is 15.6. The third kappa shape index (κ3) is 5.87. The lowest BCUT2D eigenvalue weighted by atomic mass is 10.4. The molecule has 0 spiro atoms. The van der Waals surface area contributed by atoms with Crippen molar-refractivity contribution >= 4 is 23.2 Å². The van der Waals surface area contributed by atoms with Gasteiger partial charge < -0.3 is 14.2 Å². The molecule has 1 aromatic heterocycles. The van der Waals surface area contributed by atoms with Crippen LogP contribution in [0.3, 0.4) is 0 Å². The lowest BCUT2D eigenvalue weighted by molar-refractivity contribution is 0.0642. The maximum Gasteiger partial charge on any atom is 0.213 e. The van der Waals surface area contributed by atoms with Crippen molar-refractivity contribution in [1.29, 1.82) is 0 Å². The molecule has 0 unspecified atom stereocenters. The Kier molecular flexibility index (Phi) is 8.09. The van der Waals surface area contributed by atoms with Crippen LogP contribution < -0.4 is 4.74 Å². The summed E-state index contributed by atoms with van der Waals surface area (Å²) in [5.41, 5.74) is 0.632. The summed E-state index contributed by atoms with van der Waals surface area (Å²) in [5.74, 6) is 0.808. The second-order valence-corrected chi connectivity index (χ2v) is 4.19. The van der Waals surface area contributed by atoms with E-state index in [9.17, 15) is 0 Å². The van der Waals surface area contributed by atoms with Gasteiger partial charge in [-0.1, -0.05) is 11.6 Å². The number of nitrogens with zero attached hydrogens (tertiary/aromatic N) is 1. The Balaban J connectivity index is 2.19.